The second kappa shape index (κ2) is 5.69. The highest BCUT2D eigenvalue weighted by Crippen LogP contribution is 2.40. The van der Waals surface area contributed by atoms with Gasteiger partial charge in [0.25, 0.3) is 0 Å². The fourth-order valence-corrected chi connectivity index (χ4v) is 2.62. The standard InChI is InChI=1S/C13H22FN3O/c1-3-9-17-12(11(18-2)10-16-17)13(14)5-4-7-15-8-6-13/h10,15H,3-9H2,1-2H3. The molecular weight excluding hydrogens is 233 g/mol. The second-order valence-electron chi connectivity index (χ2n) is 4.85. The summed E-state index contributed by atoms with van der Waals surface area (Å²) in [4.78, 5) is 0. The van der Waals surface area contributed by atoms with Gasteiger partial charge < -0.3 is 10.1 Å². The lowest BCUT2D eigenvalue weighted by molar-refractivity contribution is 0.126. The number of hydrogen-bond donors (Lipinski definition) is 1. The minimum Gasteiger partial charge on any atom is -0.493 e. The van der Waals surface area contributed by atoms with E-state index in [1.165, 1.54) is 0 Å². The molecule has 1 atom stereocenters. The molecule has 2 heterocycles. The number of aryl methyl sites for hydroxylation is 1. The van der Waals surface area contributed by atoms with Crippen LogP contribution in [0.15, 0.2) is 6.20 Å². The summed E-state index contributed by atoms with van der Waals surface area (Å²) in [6.07, 6.45) is 4.43. The first-order valence-corrected chi connectivity index (χ1v) is 6.71. The number of methoxy groups -OCH3 is 1. The summed E-state index contributed by atoms with van der Waals surface area (Å²) in [5, 5.41) is 7.50. The van der Waals surface area contributed by atoms with Crippen LogP contribution in [0.5, 0.6) is 5.75 Å². The monoisotopic (exact) mass is 255 g/mol. The Morgan fingerprint density at radius 3 is 3.06 bits per heavy atom. The molecule has 0 radical (unpaired) electrons. The maximum atomic E-state index is 15.2. The Kier molecular flexibility index (Phi) is 4.22. The van der Waals surface area contributed by atoms with Crippen LogP contribution in [0.2, 0.25) is 0 Å². The third kappa shape index (κ3) is 2.51. The van der Waals surface area contributed by atoms with Gasteiger partial charge in [-0.05, 0) is 38.8 Å². The Morgan fingerprint density at radius 1 is 1.50 bits per heavy atom. The number of aromatic nitrogens is 2. The number of hydrogen-bond acceptors (Lipinski definition) is 3. The largest absolute Gasteiger partial charge is 0.493 e. The van der Waals surface area contributed by atoms with Gasteiger partial charge in [0.1, 0.15) is 5.69 Å². The van der Waals surface area contributed by atoms with Crippen molar-refractivity contribution in [3.05, 3.63) is 11.9 Å². The maximum absolute atomic E-state index is 15.2. The number of alkyl halides is 1. The number of nitrogens with one attached hydrogen (secondary N) is 1. The zero-order valence-electron chi connectivity index (χ0n) is 11.2. The van der Waals surface area contributed by atoms with Crippen LogP contribution >= 0.6 is 0 Å². The Labute approximate surface area is 108 Å². The molecule has 0 aliphatic carbocycles. The molecule has 0 spiro atoms. The van der Waals surface area contributed by atoms with Gasteiger partial charge in [0.2, 0.25) is 0 Å². The zero-order chi connectivity index (χ0) is 13.0. The summed E-state index contributed by atoms with van der Waals surface area (Å²) in [6, 6.07) is 0. The quantitative estimate of drug-likeness (QED) is 0.897. The molecule has 18 heavy (non-hydrogen) atoms. The molecule has 0 saturated carbocycles. The van der Waals surface area contributed by atoms with Crippen LogP contribution in [0.1, 0.15) is 38.3 Å². The zero-order valence-corrected chi connectivity index (χ0v) is 11.2. The molecule has 4 nitrogen and oxygen atoms in total. The van der Waals surface area contributed by atoms with Gasteiger partial charge in [-0.2, -0.15) is 5.10 Å². The Balaban J connectivity index is 2.36. The van der Waals surface area contributed by atoms with Crippen LogP contribution in [0.3, 0.4) is 0 Å². The van der Waals surface area contributed by atoms with Gasteiger partial charge in [0.15, 0.2) is 11.4 Å². The van der Waals surface area contributed by atoms with E-state index >= 15 is 4.39 Å². The first kappa shape index (κ1) is 13.3. The van der Waals surface area contributed by atoms with Gasteiger partial charge >= 0.3 is 0 Å². The van der Waals surface area contributed by atoms with Gasteiger partial charge in [0, 0.05) is 6.54 Å². The average Bonchev–Trinajstić information content (AvgIpc) is 2.65. The molecule has 0 amide bonds. The van der Waals surface area contributed by atoms with E-state index in [0.29, 0.717) is 30.8 Å². The second-order valence-corrected chi connectivity index (χ2v) is 4.85. The molecule has 2 rings (SSSR count). The molecule has 5 heteroatoms. The van der Waals surface area contributed by atoms with E-state index in [2.05, 4.69) is 17.3 Å². The van der Waals surface area contributed by atoms with Crippen molar-refractivity contribution in [1.82, 2.24) is 15.1 Å². The van der Waals surface area contributed by atoms with Crippen LogP contribution in [0.4, 0.5) is 4.39 Å². The summed E-state index contributed by atoms with van der Waals surface area (Å²) in [7, 11) is 1.58. The predicted molar refractivity (Wildman–Crippen MR) is 68.6 cm³/mol. The average molecular weight is 255 g/mol. The maximum Gasteiger partial charge on any atom is 0.163 e. The molecule has 0 bridgehead atoms. The van der Waals surface area contributed by atoms with Gasteiger partial charge in [-0.15, -0.1) is 0 Å². The summed E-state index contributed by atoms with van der Waals surface area (Å²) in [5.41, 5.74) is -0.698. The smallest absolute Gasteiger partial charge is 0.163 e. The highest BCUT2D eigenvalue weighted by atomic mass is 19.1. The van der Waals surface area contributed by atoms with Crippen molar-refractivity contribution in [2.75, 3.05) is 20.2 Å². The SMILES string of the molecule is CCCn1ncc(OC)c1C1(F)CCCNCC1. The first-order chi connectivity index (χ1) is 8.71. The fraction of sp³-hybridized carbons (Fsp3) is 0.769. The van der Waals surface area contributed by atoms with E-state index < -0.39 is 5.67 Å². The van der Waals surface area contributed by atoms with Gasteiger partial charge in [-0.1, -0.05) is 6.92 Å². The van der Waals surface area contributed by atoms with Crippen molar-refractivity contribution in [3.8, 4) is 5.75 Å². The molecule has 1 aliphatic heterocycles. The third-order valence-corrected chi connectivity index (χ3v) is 3.51. The Bertz CT molecular complexity index is 384. The van der Waals surface area contributed by atoms with Crippen molar-refractivity contribution in [2.45, 2.75) is 44.8 Å². The van der Waals surface area contributed by atoms with E-state index in [4.69, 9.17) is 4.74 Å². The number of halogens is 1. The third-order valence-electron chi connectivity index (χ3n) is 3.51. The Morgan fingerprint density at radius 2 is 2.33 bits per heavy atom. The van der Waals surface area contributed by atoms with E-state index in [-0.39, 0.29) is 0 Å². The Hall–Kier alpha value is -1.10. The lowest BCUT2D eigenvalue weighted by atomic mass is 9.92. The summed E-state index contributed by atoms with van der Waals surface area (Å²) >= 11 is 0. The molecule has 102 valence electrons. The summed E-state index contributed by atoms with van der Waals surface area (Å²) < 4.78 is 22.3. The van der Waals surface area contributed by atoms with Crippen molar-refractivity contribution in [2.24, 2.45) is 0 Å². The van der Waals surface area contributed by atoms with Crippen LogP contribution in [0, 0.1) is 0 Å². The summed E-state index contributed by atoms with van der Waals surface area (Å²) in [5.74, 6) is 0.577. The van der Waals surface area contributed by atoms with Gasteiger partial charge in [0.05, 0.1) is 13.3 Å². The number of rotatable bonds is 4. The van der Waals surface area contributed by atoms with Crippen molar-refractivity contribution < 1.29 is 9.13 Å². The highest BCUT2D eigenvalue weighted by molar-refractivity contribution is 5.31. The van der Waals surface area contributed by atoms with Crippen LogP contribution < -0.4 is 10.1 Å². The molecule has 1 N–H and O–H groups in total. The molecule has 1 unspecified atom stereocenters. The topological polar surface area (TPSA) is 39.1 Å². The molecule has 1 aliphatic rings. The van der Waals surface area contributed by atoms with Crippen molar-refractivity contribution >= 4 is 0 Å². The molecule has 1 fully saturated rings. The number of nitrogens with zero attached hydrogens (tertiary/aromatic N) is 2. The highest BCUT2D eigenvalue weighted by Gasteiger charge is 2.38. The van der Waals surface area contributed by atoms with Crippen molar-refractivity contribution in [1.29, 1.82) is 0 Å². The molecule has 1 saturated heterocycles. The van der Waals surface area contributed by atoms with Crippen LogP contribution in [-0.4, -0.2) is 30.0 Å². The lowest BCUT2D eigenvalue weighted by Crippen LogP contribution is -2.26. The molecule has 0 aromatic carbocycles. The number of ether oxygens (including phenoxy) is 1. The lowest BCUT2D eigenvalue weighted by Gasteiger charge is -2.25. The van der Waals surface area contributed by atoms with Crippen LogP contribution in [-0.2, 0) is 12.2 Å². The van der Waals surface area contributed by atoms with Gasteiger partial charge in [-0.3, -0.25) is 4.68 Å². The van der Waals surface area contributed by atoms with E-state index in [0.717, 1.165) is 25.9 Å². The van der Waals surface area contributed by atoms with E-state index in [9.17, 15) is 0 Å². The summed E-state index contributed by atoms with van der Waals surface area (Å²) in [6.45, 7) is 4.39. The van der Waals surface area contributed by atoms with E-state index in [1.807, 2.05) is 0 Å². The minimum absolute atomic E-state index is 0.485. The van der Waals surface area contributed by atoms with E-state index in [1.54, 1.807) is 18.0 Å². The first-order valence-electron chi connectivity index (χ1n) is 6.71. The molecule has 1 aromatic heterocycles. The molecule has 1 aromatic rings. The van der Waals surface area contributed by atoms with Gasteiger partial charge in [-0.25, -0.2) is 4.39 Å². The van der Waals surface area contributed by atoms with Crippen molar-refractivity contribution in [3.63, 3.8) is 0 Å². The predicted octanol–water partition coefficient (Wildman–Crippen LogP) is 2.24. The minimum atomic E-state index is -1.32. The normalized spacial score (nSPS) is 24.8. The fourth-order valence-electron chi connectivity index (χ4n) is 2.62. The van der Waals surface area contributed by atoms with Crippen LogP contribution in [0.25, 0.3) is 0 Å². The molecular formula is C13H22FN3O.